The van der Waals surface area contributed by atoms with Gasteiger partial charge in [0.1, 0.15) is 12.1 Å². The largest absolute Gasteiger partial charge is 0.707 e. The Balaban J connectivity index is -0.000000253. The van der Waals surface area contributed by atoms with Gasteiger partial charge in [-0.3, -0.25) is 4.89 Å². The maximum Gasteiger partial charge on any atom is 0.707 e. The topological polar surface area (TPSA) is 422 Å². The zero-order chi connectivity index (χ0) is 70.9. The summed E-state index contributed by atoms with van der Waals surface area (Å²) in [6.45, 7) is 41.1. The summed E-state index contributed by atoms with van der Waals surface area (Å²) in [7, 11) is -4.35. The minimum atomic E-state index is -3.18. The molecule has 95 heavy (non-hydrogen) atoms. The van der Waals surface area contributed by atoms with Crippen molar-refractivity contribution in [1.29, 1.82) is 0 Å². The summed E-state index contributed by atoms with van der Waals surface area (Å²) in [5.74, 6) is -0.813. The van der Waals surface area contributed by atoms with Gasteiger partial charge in [-0.25, -0.2) is 10.1 Å². The van der Waals surface area contributed by atoms with Crippen LogP contribution in [-0.4, -0.2) is 218 Å². The van der Waals surface area contributed by atoms with Crippen molar-refractivity contribution in [2.75, 3.05) is 119 Å². The van der Waals surface area contributed by atoms with Crippen molar-refractivity contribution in [2.45, 2.75) is 214 Å². The van der Waals surface area contributed by atoms with Gasteiger partial charge in [-0.1, -0.05) is 77.1 Å². The van der Waals surface area contributed by atoms with Crippen molar-refractivity contribution in [3.05, 3.63) is 54.9 Å². The number of carbonyl (C=O) groups excluding carboxylic acids is 1. The van der Waals surface area contributed by atoms with Crippen LogP contribution in [0.1, 0.15) is 152 Å². The Hall–Kier alpha value is -0.947. The molecule has 3 rings (SSSR count). The molecule has 0 spiro atoms. The van der Waals surface area contributed by atoms with E-state index in [-0.39, 0.29) is 93.9 Å². The van der Waals surface area contributed by atoms with Gasteiger partial charge in [-0.05, 0) is 116 Å². The molecule has 566 valence electrons. The van der Waals surface area contributed by atoms with Gasteiger partial charge in [0, 0.05) is 73.5 Å². The number of ether oxygens (including phenoxy) is 10. The third-order valence-electron chi connectivity index (χ3n) is 11.1. The smallest absolute Gasteiger partial charge is 0.392 e. The molecule has 13 atom stereocenters. The summed E-state index contributed by atoms with van der Waals surface area (Å²) in [5, 5.41) is 48.9. The average Bonchev–Trinajstić information content (AvgIpc) is 1.68. The molecule has 0 aliphatic carbocycles. The monoisotopic (exact) mass is 1520 g/mol. The van der Waals surface area contributed by atoms with E-state index in [1.807, 2.05) is 61.5 Å². The summed E-state index contributed by atoms with van der Waals surface area (Å²) in [4.78, 5) is 14.1. The number of benzene rings is 1. The van der Waals surface area contributed by atoms with Crippen molar-refractivity contribution >= 4 is 34.4 Å². The van der Waals surface area contributed by atoms with Crippen molar-refractivity contribution in [3.8, 4) is 0 Å². The zero-order valence-corrected chi connectivity index (χ0v) is 64.9. The molecule has 0 aromatic heterocycles. The number of unbranched alkanes of at least 4 members (excludes halogenated alkanes) is 1. The fraction of sp³-hybridized carbons (Fsp3) is 0.836. The van der Waals surface area contributed by atoms with Crippen molar-refractivity contribution in [3.63, 3.8) is 0 Å². The first-order valence-electron chi connectivity index (χ1n) is 32.1. The van der Waals surface area contributed by atoms with Crippen LogP contribution in [0.4, 0.5) is 0 Å². The number of epoxide rings is 1. The number of hydrogen-bond donors (Lipinski definition) is 10. The van der Waals surface area contributed by atoms with Crippen LogP contribution < -0.4 is 33.6 Å². The van der Waals surface area contributed by atoms with Gasteiger partial charge < -0.3 is 98.6 Å². The van der Waals surface area contributed by atoms with Crippen molar-refractivity contribution in [2.24, 2.45) is 11.5 Å². The van der Waals surface area contributed by atoms with Gasteiger partial charge in [0.15, 0.2) is 0 Å². The van der Waals surface area contributed by atoms with Crippen LogP contribution in [0.25, 0.3) is 0 Å². The van der Waals surface area contributed by atoms with Crippen LogP contribution in [0.15, 0.2) is 36.9 Å². The summed E-state index contributed by atoms with van der Waals surface area (Å²) in [5.41, 5.74) is 19.1. The van der Waals surface area contributed by atoms with E-state index < -0.39 is 22.8 Å². The maximum atomic E-state index is 10.6. The second-order valence-electron chi connectivity index (χ2n) is 22.3. The molecule has 16 N–H and O–H groups in total. The fourth-order valence-electron chi connectivity index (χ4n) is 6.31. The predicted octanol–water partition coefficient (Wildman–Crippen LogP) is 6.95. The molecule has 2 saturated heterocycles. The van der Waals surface area contributed by atoms with Crippen LogP contribution in [0.2, 0.25) is 5.02 Å². The Labute approximate surface area is 594 Å². The van der Waals surface area contributed by atoms with E-state index in [1.54, 1.807) is 12.1 Å². The number of aliphatic hydroxyl groups excluding tert-OH is 2. The SMILES string of the molecule is C=CCCC.CC(N)COC(C)COCCOCC(C)[NH3+].CCCC(O)CNC(C)COC(C)COCCOCC(C)N.CCCC(O)CNC(C)COC(C)COCCOCC(C)[NH3+].CCCC1CO1.O=C(OO)c1cccc(Cl)c1.O=[PH+]OOO[P+]1(OOO)OO1.[CH3-].[Zr]. The van der Waals surface area contributed by atoms with E-state index in [1.165, 1.54) is 31.4 Å². The van der Waals surface area contributed by atoms with E-state index in [2.05, 4.69) is 102 Å². The molecule has 0 radical (unpaired) electrons. The molecule has 1 aromatic rings. The number of rotatable bonds is 51. The first-order valence-corrected chi connectivity index (χ1v) is 34.8. The van der Waals surface area contributed by atoms with Gasteiger partial charge in [0.2, 0.25) is 0 Å². The van der Waals surface area contributed by atoms with Crippen LogP contribution >= 0.6 is 28.5 Å². The summed E-state index contributed by atoms with van der Waals surface area (Å²) >= 11 is 5.56. The molecule has 2 aliphatic heterocycles. The molecule has 30 nitrogen and oxygen atoms in total. The maximum absolute atomic E-state index is 10.6. The summed E-state index contributed by atoms with van der Waals surface area (Å²) in [6, 6.07) is 7.31. The minimum Gasteiger partial charge on any atom is -0.392 e. The number of carbonyl (C=O) groups is 1. The number of nitrogens with two attached hydrogens (primary N) is 2. The zero-order valence-electron chi connectivity index (χ0n) is 59.8. The Bertz CT molecular complexity index is 1730. The second-order valence-corrected chi connectivity index (χ2v) is 24.6. The normalized spacial score (nSPS) is 16.6. The summed E-state index contributed by atoms with van der Waals surface area (Å²) < 4.78 is 83.7. The van der Waals surface area contributed by atoms with Crippen LogP contribution in [0, 0.1) is 7.43 Å². The van der Waals surface area contributed by atoms with Gasteiger partial charge in [-0.15, -0.1) is 6.58 Å². The Morgan fingerprint density at radius 3 is 1.41 bits per heavy atom. The second kappa shape index (κ2) is 75.7. The van der Waals surface area contributed by atoms with Gasteiger partial charge in [0.25, 0.3) is 0 Å². The first-order chi connectivity index (χ1) is 44.3. The van der Waals surface area contributed by atoms with E-state index in [0.717, 1.165) is 38.7 Å². The van der Waals surface area contributed by atoms with Crippen molar-refractivity contribution in [1.82, 2.24) is 10.6 Å². The first kappa shape index (κ1) is 105. The van der Waals surface area contributed by atoms with Crippen molar-refractivity contribution < 1.29 is 153 Å². The van der Waals surface area contributed by atoms with E-state index in [9.17, 15) is 19.6 Å². The van der Waals surface area contributed by atoms with Gasteiger partial charge >= 0.3 is 22.8 Å². The van der Waals surface area contributed by atoms with Crippen LogP contribution in [-0.2, 0) is 116 Å². The molecule has 0 bridgehead atoms. The van der Waals surface area contributed by atoms with E-state index in [0.29, 0.717) is 135 Å². The van der Waals surface area contributed by atoms with Crippen LogP contribution in [0.5, 0.6) is 0 Å². The van der Waals surface area contributed by atoms with E-state index in [4.69, 9.17) is 81.0 Å². The molecule has 13 unspecified atom stereocenters. The Morgan fingerprint density at radius 1 is 0.684 bits per heavy atom. The minimum absolute atomic E-state index is 0. The number of hydrogen-bond acceptors (Lipinski definition) is 28. The molecule has 2 heterocycles. The molecular formula is C61H130ClN6O24P2Zr+3. The number of nitrogens with one attached hydrogen (secondary N) is 2. The average molecular weight is 1520 g/mol. The molecule has 2 aliphatic rings. The fourth-order valence-corrected chi connectivity index (χ4v) is 7.14. The molecule has 2 fully saturated rings. The Kier molecular flexibility index (Phi) is 83.7. The molecule has 0 saturated carbocycles. The third-order valence-corrected chi connectivity index (χ3v) is 12.3. The Morgan fingerprint density at radius 2 is 1.11 bits per heavy atom. The summed E-state index contributed by atoms with van der Waals surface area (Å²) in [6.07, 6.45) is 10.8. The number of allylic oxidation sites excluding steroid dienone is 1. The van der Waals surface area contributed by atoms with E-state index >= 15 is 0 Å². The third kappa shape index (κ3) is 83.6. The number of halogens is 1. The predicted molar refractivity (Wildman–Crippen MR) is 362 cm³/mol. The quantitative estimate of drug-likeness (QED) is 0.00600. The van der Waals surface area contributed by atoms with Gasteiger partial charge in [0.05, 0.1) is 171 Å². The number of quaternary nitrogens is 2. The molecule has 0 amide bonds. The molecular weight excluding hydrogens is 1390 g/mol. The standard InChI is InChI=1S/2C16H36N2O4.C11H26N2O3.C7H5ClO3.C5H10O.C5H10.CH3.HO9P2.Zr/c2*1-5-6-16(19)9-18-14(3)11-22-15(4)12-21-8-7-20-10-13(2)17;1-9(12)6-14-4-5-15-8-11(3)16-7-10(2)13;8-6-3-1-2-5(4-6)7(9)11-10;1-2-3-5-4-6-5;1-3-5-4-2;;1-3-6-11(8-9-11)7-4-5-10-2;/h2*13-16,18-19H,5-12,17H2,1-4H3;9-11H,4-8,12-13H2,1-3H3;1-4,10H;5H,2-4H2,1H3;3H,1,4-5H2,2H3;1H3;10H;/q;;;;;;-1;+1;/p+3. The number of aliphatic hydroxyl groups is 2. The van der Waals surface area contributed by atoms with Gasteiger partial charge in [-0.2, -0.15) is 5.26 Å². The molecule has 34 heteroatoms. The van der Waals surface area contributed by atoms with Crippen LogP contribution in [0.3, 0.4) is 0 Å². The molecule has 1 aromatic carbocycles.